The van der Waals surface area contributed by atoms with Crippen molar-refractivity contribution in [3.8, 4) is 0 Å². The molecule has 102 valence electrons. The number of hydrogen-bond donors (Lipinski definition) is 1. The summed E-state index contributed by atoms with van der Waals surface area (Å²) in [6.07, 6.45) is 6.16. The van der Waals surface area contributed by atoms with Gasteiger partial charge in [-0.2, -0.15) is 0 Å². The summed E-state index contributed by atoms with van der Waals surface area (Å²) >= 11 is 0. The van der Waals surface area contributed by atoms with Gasteiger partial charge in [0.1, 0.15) is 5.82 Å². The Morgan fingerprint density at radius 1 is 1.32 bits per heavy atom. The van der Waals surface area contributed by atoms with Crippen molar-refractivity contribution in [2.75, 3.05) is 6.54 Å². The van der Waals surface area contributed by atoms with E-state index in [4.69, 9.17) is 0 Å². The van der Waals surface area contributed by atoms with Gasteiger partial charge in [0.2, 0.25) is 0 Å². The van der Waals surface area contributed by atoms with Crippen LogP contribution in [-0.4, -0.2) is 22.0 Å². The zero-order valence-corrected chi connectivity index (χ0v) is 11.0. The Hall–Kier alpha value is -1.88. The number of carbonyl (C=O) groups excluding carboxylic acids is 1. The molecule has 0 aliphatic carbocycles. The molecule has 4 nitrogen and oxygen atoms in total. The van der Waals surface area contributed by atoms with Crippen LogP contribution in [0.5, 0.6) is 0 Å². The molecule has 0 spiro atoms. The lowest BCUT2D eigenvalue weighted by Gasteiger charge is -2.05. The molecule has 19 heavy (non-hydrogen) atoms. The molecule has 2 aromatic rings. The largest absolute Gasteiger partial charge is 1.00 e. The van der Waals surface area contributed by atoms with Crippen LogP contribution in [0.4, 0.5) is 4.39 Å². The Kier molecular flexibility index (Phi) is 6.02. The van der Waals surface area contributed by atoms with E-state index in [9.17, 15) is 9.18 Å². The summed E-state index contributed by atoms with van der Waals surface area (Å²) < 4.78 is 14.6. The van der Waals surface area contributed by atoms with E-state index >= 15 is 0 Å². The molecule has 1 aromatic carbocycles. The highest BCUT2D eigenvalue weighted by Crippen LogP contribution is 2.02. The van der Waals surface area contributed by atoms with Gasteiger partial charge < -0.3 is 22.3 Å². The van der Waals surface area contributed by atoms with Gasteiger partial charge in [-0.1, -0.05) is 0 Å². The number of nitrogens with one attached hydrogen (secondary N) is 1. The van der Waals surface area contributed by atoms with E-state index in [0.717, 1.165) is 13.0 Å². The number of nitrogens with zero attached hydrogens (tertiary/aromatic N) is 2. The molecular weight excluding hydrogens is 269 g/mol. The van der Waals surface area contributed by atoms with Crippen molar-refractivity contribution in [3.63, 3.8) is 0 Å². The molecule has 2 rings (SSSR count). The van der Waals surface area contributed by atoms with Gasteiger partial charge in [0.05, 0.1) is 6.33 Å². The second kappa shape index (κ2) is 7.53. The van der Waals surface area contributed by atoms with Crippen molar-refractivity contribution >= 4 is 5.91 Å². The zero-order chi connectivity index (χ0) is 12.8. The molecule has 0 aliphatic heterocycles. The number of aromatic nitrogens is 2. The number of halogens is 2. The first-order valence-electron chi connectivity index (χ1n) is 5.75. The van der Waals surface area contributed by atoms with Gasteiger partial charge in [-0.15, -0.1) is 0 Å². The van der Waals surface area contributed by atoms with Gasteiger partial charge >= 0.3 is 0 Å². The Balaban J connectivity index is 0.00000180. The van der Waals surface area contributed by atoms with Crippen LogP contribution < -0.4 is 17.7 Å². The van der Waals surface area contributed by atoms with Crippen molar-refractivity contribution in [1.29, 1.82) is 0 Å². The van der Waals surface area contributed by atoms with Crippen molar-refractivity contribution in [1.82, 2.24) is 14.9 Å². The highest BCUT2D eigenvalue weighted by molar-refractivity contribution is 5.94. The molecule has 6 heteroatoms. The molecule has 0 aliphatic rings. The second-order valence-corrected chi connectivity index (χ2v) is 3.92. The van der Waals surface area contributed by atoms with Crippen LogP contribution in [0, 0.1) is 5.82 Å². The van der Waals surface area contributed by atoms with E-state index < -0.39 is 0 Å². The lowest BCUT2D eigenvalue weighted by atomic mass is 10.2. The van der Waals surface area contributed by atoms with Crippen LogP contribution >= 0.6 is 0 Å². The fraction of sp³-hybridized carbons (Fsp3) is 0.231. The standard InChI is InChI=1S/C13H14FN3O.ClH/c14-12-4-2-11(3-5-12)13(18)16-6-1-8-17-9-7-15-10-17;/h2-5,7,9-10H,1,6,8H2,(H,16,18);1H/p-1. The smallest absolute Gasteiger partial charge is 0.251 e. The van der Waals surface area contributed by atoms with Gasteiger partial charge in [0, 0.05) is 31.0 Å². The number of benzene rings is 1. The number of hydrogen-bond acceptors (Lipinski definition) is 2. The Bertz CT molecular complexity index is 499. The number of imidazole rings is 1. The third-order valence-electron chi connectivity index (χ3n) is 2.54. The summed E-state index contributed by atoms with van der Waals surface area (Å²) in [7, 11) is 0. The van der Waals surface area contributed by atoms with Gasteiger partial charge in [-0.25, -0.2) is 9.37 Å². The zero-order valence-electron chi connectivity index (χ0n) is 10.2. The maximum Gasteiger partial charge on any atom is 0.251 e. The predicted octanol–water partition coefficient (Wildman–Crippen LogP) is -1.15. The number of aryl methyl sites for hydroxylation is 1. The Labute approximate surface area is 117 Å². The SMILES string of the molecule is O=C(NCCCn1ccnc1)c1ccc(F)cc1.[Cl-]. The monoisotopic (exact) mass is 282 g/mol. The van der Waals surface area contributed by atoms with Crippen LogP contribution in [0.2, 0.25) is 0 Å². The fourth-order valence-corrected chi connectivity index (χ4v) is 1.59. The van der Waals surface area contributed by atoms with Gasteiger partial charge in [0.15, 0.2) is 0 Å². The van der Waals surface area contributed by atoms with Crippen molar-refractivity contribution in [2.45, 2.75) is 13.0 Å². The van der Waals surface area contributed by atoms with Gasteiger partial charge in [-0.05, 0) is 30.7 Å². The topological polar surface area (TPSA) is 46.9 Å². The molecule has 0 radical (unpaired) electrons. The lowest BCUT2D eigenvalue weighted by molar-refractivity contribution is -0.0000128. The van der Waals surface area contributed by atoms with Gasteiger partial charge in [-0.3, -0.25) is 4.79 Å². The fourth-order valence-electron chi connectivity index (χ4n) is 1.59. The van der Waals surface area contributed by atoms with E-state index in [2.05, 4.69) is 10.3 Å². The minimum Gasteiger partial charge on any atom is -1.00 e. The summed E-state index contributed by atoms with van der Waals surface area (Å²) in [5, 5.41) is 2.79. The highest BCUT2D eigenvalue weighted by Gasteiger charge is 2.04. The first-order valence-corrected chi connectivity index (χ1v) is 5.75. The Morgan fingerprint density at radius 3 is 2.68 bits per heavy atom. The summed E-state index contributed by atoms with van der Waals surface area (Å²) in [5.74, 6) is -0.521. The molecule has 0 bridgehead atoms. The molecular formula is C13H14ClFN3O-. The van der Waals surface area contributed by atoms with E-state index in [0.29, 0.717) is 12.1 Å². The maximum absolute atomic E-state index is 12.7. The third-order valence-corrected chi connectivity index (χ3v) is 2.54. The van der Waals surface area contributed by atoms with E-state index in [1.165, 1.54) is 24.3 Å². The molecule has 1 aromatic heterocycles. The first-order chi connectivity index (χ1) is 8.75. The maximum atomic E-state index is 12.7. The van der Waals surface area contributed by atoms with Crippen LogP contribution in [0.3, 0.4) is 0 Å². The molecule has 1 amide bonds. The minimum atomic E-state index is -0.341. The quantitative estimate of drug-likeness (QED) is 0.704. The molecule has 1 N–H and O–H groups in total. The molecule has 0 saturated heterocycles. The first kappa shape index (κ1) is 15.2. The van der Waals surface area contributed by atoms with E-state index in [1.807, 2.05) is 10.8 Å². The van der Waals surface area contributed by atoms with E-state index in [-0.39, 0.29) is 24.1 Å². The molecule has 0 atom stereocenters. The highest BCUT2D eigenvalue weighted by atomic mass is 35.5. The van der Waals surface area contributed by atoms with Crippen LogP contribution in [0.1, 0.15) is 16.8 Å². The number of amides is 1. The van der Waals surface area contributed by atoms with Crippen LogP contribution in [0.15, 0.2) is 43.0 Å². The molecule has 0 saturated carbocycles. The molecule has 1 heterocycles. The molecule has 0 unspecified atom stereocenters. The van der Waals surface area contributed by atoms with Crippen LogP contribution in [0.25, 0.3) is 0 Å². The predicted molar refractivity (Wildman–Crippen MR) is 65.6 cm³/mol. The van der Waals surface area contributed by atoms with E-state index in [1.54, 1.807) is 12.5 Å². The minimum absolute atomic E-state index is 0. The summed E-state index contributed by atoms with van der Waals surface area (Å²) in [5.41, 5.74) is 0.471. The number of carbonyl (C=O) groups is 1. The third kappa shape index (κ3) is 4.71. The average molecular weight is 283 g/mol. The van der Waals surface area contributed by atoms with Crippen molar-refractivity contribution in [3.05, 3.63) is 54.4 Å². The van der Waals surface area contributed by atoms with Crippen molar-refractivity contribution in [2.24, 2.45) is 0 Å². The number of rotatable bonds is 5. The average Bonchev–Trinajstić information content (AvgIpc) is 2.88. The van der Waals surface area contributed by atoms with Crippen LogP contribution in [-0.2, 0) is 6.54 Å². The van der Waals surface area contributed by atoms with Gasteiger partial charge in [0.25, 0.3) is 5.91 Å². The summed E-state index contributed by atoms with van der Waals surface area (Å²) in [6, 6.07) is 5.50. The summed E-state index contributed by atoms with van der Waals surface area (Å²) in [6.45, 7) is 1.39. The molecule has 0 fully saturated rings. The second-order valence-electron chi connectivity index (χ2n) is 3.92. The Morgan fingerprint density at radius 2 is 2.05 bits per heavy atom. The lowest BCUT2D eigenvalue weighted by Crippen LogP contribution is -3.00. The normalized spacial score (nSPS) is 9.74. The van der Waals surface area contributed by atoms with Crippen molar-refractivity contribution < 1.29 is 21.6 Å². The summed E-state index contributed by atoms with van der Waals surface area (Å²) in [4.78, 5) is 15.6.